The van der Waals surface area contributed by atoms with Gasteiger partial charge in [0.1, 0.15) is 5.75 Å². The van der Waals surface area contributed by atoms with Crippen molar-refractivity contribution < 1.29 is 14.6 Å². The number of nitrogens with zero attached hydrogens (tertiary/aromatic N) is 1. The maximum Gasteiger partial charge on any atom is 0.220 e. The first-order valence-corrected chi connectivity index (χ1v) is 10.5. The molecule has 1 amide bonds. The third kappa shape index (κ3) is 6.51. The van der Waals surface area contributed by atoms with E-state index in [1.54, 1.807) is 7.11 Å². The van der Waals surface area contributed by atoms with E-state index in [9.17, 15) is 9.90 Å². The molecule has 2 N–H and O–H groups in total. The standard InChI is InChI=1S/C22H36N2O3/c1-3-4-5-6-7-14-21(26)23-19(17-25)22(24-15-10-11-16-24)18-12-8-9-13-20(18)27-2/h8-9,12-13,19,22,25H,3-7,10-11,14-17H2,1-2H3,(H,23,26)/t19-,22?/m0/s1. The molecule has 1 fully saturated rings. The van der Waals surface area contributed by atoms with Crippen molar-refractivity contribution in [3.05, 3.63) is 29.8 Å². The highest BCUT2D eigenvalue weighted by Gasteiger charge is 2.33. The Hall–Kier alpha value is -1.59. The number of rotatable bonds is 12. The van der Waals surface area contributed by atoms with Crippen LogP contribution < -0.4 is 10.1 Å². The lowest BCUT2D eigenvalue weighted by atomic mass is 9.96. The molecule has 0 saturated carbocycles. The Balaban J connectivity index is 2.06. The summed E-state index contributed by atoms with van der Waals surface area (Å²) in [6.07, 6.45) is 8.44. The lowest BCUT2D eigenvalue weighted by Crippen LogP contribution is -2.47. The van der Waals surface area contributed by atoms with Crippen molar-refractivity contribution in [3.8, 4) is 5.75 Å². The SMILES string of the molecule is CCCCCCCC(=O)N[C@@H](CO)C(c1ccccc1OC)N1CCCC1. The molecule has 0 bridgehead atoms. The zero-order valence-corrected chi connectivity index (χ0v) is 17.0. The molecule has 2 rings (SSSR count). The lowest BCUT2D eigenvalue weighted by molar-refractivity contribution is -0.122. The molecule has 152 valence electrons. The van der Waals surface area contributed by atoms with Crippen LogP contribution in [0.25, 0.3) is 0 Å². The maximum atomic E-state index is 12.5. The highest BCUT2D eigenvalue weighted by molar-refractivity contribution is 5.76. The number of hydrogen-bond acceptors (Lipinski definition) is 4. The summed E-state index contributed by atoms with van der Waals surface area (Å²) in [4.78, 5) is 14.8. The minimum Gasteiger partial charge on any atom is -0.496 e. The number of para-hydroxylation sites is 1. The van der Waals surface area contributed by atoms with Crippen LogP contribution in [0.4, 0.5) is 0 Å². The Labute approximate surface area is 164 Å². The Morgan fingerprint density at radius 2 is 1.89 bits per heavy atom. The van der Waals surface area contributed by atoms with Crippen molar-refractivity contribution in [2.24, 2.45) is 0 Å². The van der Waals surface area contributed by atoms with Gasteiger partial charge in [-0.3, -0.25) is 9.69 Å². The van der Waals surface area contributed by atoms with E-state index < -0.39 is 0 Å². The maximum absolute atomic E-state index is 12.5. The first-order chi connectivity index (χ1) is 13.2. The minimum absolute atomic E-state index is 0.0321. The summed E-state index contributed by atoms with van der Waals surface area (Å²) in [6, 6.07) is 7.53. The van der Waals surface area contributed by atoms with E-state index in [0.717, 1.165) is 50.1 Å². The molecule has 0 radical (unpaired) electrons. The summed E-state index contributed by atoms with van der Waals surface area (Å²) < 4.78 is 5.57. The number of nitrogens with one attached hydrogen (secondary N) is 1. The summed E-state index contributed by atoms with van der Waals surface area (Å²) in [5.74, 6) is 0.839. The van der Waals surface area contributed by atoms with Gasteiger partial charge in [-0.15, -0.1) is 0 Å². The van der Waals surface area contributed by atoms with Gasteiger partial charge in [-0.2, -0.15) is 0 Å². The van der Waals surface area contributed by atoms with Gasteiger partial charge in [-0.1, -0.05) is 50.8 Å². The Morgan fingerprint density at radius 1 is 1.19 bits per heavy atom. The summed E-state index contributed by atoms with van der Waals surface area (Å²) in [5, 5.41) is 13.2. The summed E-state index contributed by atoms with van der Waals surface area (Å²) in [7, 11) is 1.67. The van der Waals surface area contributed by atoms with Crippen LogP contribution in [0.15, 0.2) is 24.3 Å². The third-order valence-corrected chi connectivity index (χ3v) is 5.42. The fourth-order valence-corrected chi connectivity index (χ4v) is 3.99. The summed E-state index contributed by atoms with van der Waals surface area (Å²) in [6.45, 7) is 4.06. The molecule has 1 aromatic rings. The predicted molar refractivity (Wildman–Crippen MR) is 109 cm³/mol. The Bertz CT molecular complexity index is 558. The van der Waals surface area contributed by atoms with Crippen molar-refractivity contribution in [1.29, 1.82) is 0 Å². The van der Waals surface area contributed by atoms with E-state index in [1.165, 1.54) is 19.3 Å². The van der Waals surface area contributed by atoms with Gasteiger partial charge >= 0.3 is 0 Å². The normalized spacial score (nSPS) is 16.9. The number of hydrogen-bond donors (Lipinski definition) is 2. The van der Waals surface area contributed by atoms with Crippen LogP contribution in [-0.4, -0.2) is 48.8 Å². The second kappa shape index (κ2) is 12.0. The second-order valence-corrected chi connectivity index (χ2v) is 7.45. The van der Waals surface area contributed by atoms with E-state index in [-0.39, 0.29) is 24.6 Å². The molecular formula is C22H36N2O3. The number of unbranched alkanes of at least 4 members (excludes halogenated alkanes) is 4. The number of methoxy groups -OCH3 is 1. The van der Waals surface area contributed by atoms with Crippen molar-refractivity contribution in [2.45, 2.75) is 70.4 Å². The van der Waals surface area contributed by atoms with Gasteiger partial charge in [0.05, 0.1) is 25.8 Å². The summed E-state index contributed by atoms with van der Waals surface area (Å²) in [5.41, 5.74) is 1.03. The Morgan fingerprint density at radius 3 is 2.56 bits per heavy atom. The molecule has 27 heavy (non-hydrogen) atoms. The van der Waals surface area contributed by atoms with Gasteiger partial charge in [-0.05, 0) is 38.4 Å². The first-order valence-electron chi connectivity index (χ1n) is 10.5. The molecule has 0 spiro atoms. The number of benzene rings is 1. The van der Waals surface area contributed by atoms with E-state index in [0.29, 0.717) is 6.42 Å². The van der Waals surface area contributed by atoms with Gasteiger partial charge in [0.15, 0.2) is 0 Å². The number of carbonyl (C=O) groups excluding carboxylic acids is 1. The fraction of sp³-hybridized carbons (Fsp3) is 0.682. The molecule has 5 heteroatoms. The third-order valence-electron chi connectivity index (χ3n) is 5.42. The number of aliphatic hydroxyl groups is 1. The van der Waals surface area contributed by atoms with Crippen LogP contribution in [0.3, 0.4) is 0 Å². The quantitative estimate of drug-likeness (QED) is 0.547. The first kappa shape index (κ1) is 21.7. The van der Waals surface area contributed by atoms with Gasteiger partial charge in [0.2, 0.25) is 5.91 Å². The van der Waals surface area contributed by atoms with E-state index >= 15 is 0 Å². The van der Waals surface area contributed by atoms with Crippen molar-refractivity contribution in [3.63, 3.8) is 0 Å². The molecule has 1 aliphatic rings. The molecule has 5 nitrogen and oxygen atoms in total. The van der Waals surface area contributed by atoms with Crippen LogP contribution in [0, 0.1) is 0 Å². The minimum atomic E-state index is -0.331. The van der Waals surface area contributed by atoms with Gasteiger partial charge in [0.25, 0.3) is 0 Å². The van der Waals surface area contributed by atoms with E-state index in [1.807, 2.05) is 24.3 Å². The molecule has 0 aliphatic carbocycles. The number of carbonyl (C=O) groups is 1. The van der Waals surface area contributed by atoms with Crippen molar-refractivity contribution in [1.82, 2.24) is 10.2 Å². The number of aliphatic hydroxyl groups excluding tert-OH is 1. The van der Waals surface area contributed by atoms with Crippen LogP contribution in [-0.2, 0) is 4.79 Å². The molecular weight excluding hydrogens is 340 g/mol. The van der Waals surface area contributed by atoms with Gasteiger partial charge in [-0.25, -0.2) is 0 Å². The largest absolute Gasteiger partial charge is 0.496 e. The molecule has 1 heterocycles. The zero-order valence-electron chi connectivity index (χ0n) is 17.0. The second-order valence-electron chi connectivity index (χ2n) is 7.45. The lowest BCUT2D eigenvalue weighted by Gasteiger charge is -2.35. The average molecular weight is 377 g/mol. The zero-order chi connectivity index (χ0) is 19.5. The van der Waals surface area contributed by atoms with Crippen LogP contribution in [0.2, 0.25) is 0 Å². The van der Waals surface area contributed by atoms with Crippen molar-refractivity contribution in [2.75, 3.05) is 26.8 Å². The van der Waals surface area contributed by atoms with Crippen LogP contribution in [0.5, 0.6) is 5.75 Å². The molecule has 0 aromatic heterocycles. The molecule has 1 aromatic carbocycles. The molecule has 1 saturated heterocycles. The molecule has 2 atom stereocenters. The fourth-order valence-electron chi connectivity index (χ4n) is 3.99. The highest BCUT2D eigenvalue weighted by atomic mass is 16.5. The van der Waals surface area contributed by atoms with Gasteiger partial charge < -0.3 is 15.2 Å². The van der Waals surface area contributed by atoms with Crippen LogP contribution in [0.1, 0.15) is 69.9 Å². The molecule has 1 unspecified atom stereocenters. The van der Waals surface area contributed by atoms with E-state index in [4.69, 9.17) is 4.74 Å². The van der Waals surface area contributed by atoms with E-state index in [2.05, 4.69) is 17.1 Å². The van der Waals surface area contributed by atoms with Gasteiger partial charge in [0, 0.05) is 12.0 Å². The van der Waals surface area contributed by atoms with Crippen LogP contribution >= 0.6 is 0 Å². The smallest absolute Gasteiger partial charge is 0.220 e. The molecule has 1 aliphatic heterocycles. The van der Waals surface area contributed by atoms with Crippen molar-refractivity contribution >= 4 is 5.91 Å². The predicted octanol–water partition coefficient (Wildman–Crippen LogP) is 3.67. The number of ether oxygens (including phenoxy) is 1. The topological polar surface area (TPSA) is 61.8 Å². The number of amides is 1. The highest BCUT2D eigenvalue weighted by Crippen LogP contribution is 2.34. The Kier molecular flexibility index (Phi) is 9.64. The summed E-state index contributed by atoms with van der Waals surface area (Å²) >= 11 is 0. The monoisotopic (exact) mass is 376 g/mol. The average Bonchev–Trinajstić information content (AvgIpc) is 3.22. The number of likely N-dealkylation sites (tertiary alicyclic amines) is 1.